The molecule has 1 saturated heterocycles. The smallest absolute Gasteiger partial charge is 0.0661 e. The summed E-state index contributed by atoms with van der Waals surface area (Å²) in [6, 6.07) is 8.78. The van der Waals surface area contributed by atoms with Crippen molar-refractivity contribution in [3.63, 3.8) is 0 Å². The Morgan fingerprint density at radius 3 is 3.06 bits per heavy atom. The molecule has 2 atom stereocenters. The van der Waals surface area contributed by atoms with Crippen LogP contribution in [0, 0.1) is 0 Å². The number of fused-ring (bicyclic) bond motifs is 3. The quantitative estimate of drug-likeness (QED) is 0.871. The molecule has 0 saturated carbocycles. The zero-order valence-electron chi connectivity index (χ0n) is 10.5. The van der Waals surface area contributed by atoms with Gasteiger partial charge < -0.3 is 10.1 Å². The minimum absolute atomic E-state index is 0.0581. The molecule has 17 heavy (non-hydrogen) atoms. The molecular weight excluding hydrogens is 230 g/mol. The highest BCUT2D eigenvalue weighted by Crippen LogP contribution is 2.58. The Bertz CT molecular complexity index is 432. The van der Waals surface area contributed by atoms with Crippen molar-refractivity contribution in [1.82, 2.24) is 5.32 Å². The average Bonchev–Trinajstić information content (AvgIpc) is 2.59. The molecule has 0 bridgehead atoms. The van der Waals surface area contributed by atoms with Crippen LogP contribution in [0.25, 0.3) is 0 Å². The zero-order valence-corrected chi connectivity index (χ0v) is 11.3. The van der Waals surface area contributed by atoms with Gasteiger partial charge in [0.2, 0.25) is 0 Å². The van der Waals surface area contributed by atoms with Crippen molar-refractivity contribution < 1.29 is 4.74 Å². The third-order valence-corrected chi connectivity index (χ3v) is 5.95. The van der Waals surface area contributed by atoms with E-state index in [0.29, 0.717) is 0 Å². The van der Waals surface area contributed by atoms with Crippen LogP contribution in [0.2, 0.25) is 0 Å². The summed E-state index contributed by atoms with van der Waals surface area (Å²) in [5, 5.41) is 3.74. The molecule has 0 aliphatic carbocycles. The second-order valence-electron chi connectivity index (χ2n) is 5.18. The molecule has 1 fully saturated rings. The summed E-state index contributed by atoms with van der Waals surface area (Å²) in [5.74, 6) is 0. The van der Waals surface area contributed by atoms with Gasteiger partial charge in [-0.05, 0) is 37.9 Å². The largest absolute Gasteiger partial charge is 0.383 e. The Kier molecular flexibility index (Phi) is 2.73. The van der Waals surface area contributed by atoms with Crippen LogP contribution in [0.3, 0.4) is 0 Å². The van der Waals surface area contributed by atoms with Gasteiger partial charge >= 0.3 is 0 Å². The first-order valence-corrected chi connectivity index (χ1v) is 7.06. The van der Waals surface area contributed by atoms with Crippen molar-refractivity contribution >= 4 is 11.8 Å². The fourth-order valence-corrected chi connectivity index (χ4v) is 5.03. The molecule has 0 aromatic heterocycles. The standard InChI is InChI=1S/C14H19NOS/c1-13-11-6-3-4-7-12(11)17-14(13,10-16-2)8-5-9-15-13/h3-4,6-7,15H,5,8-10H2,1-2H3/t13-,14+/m0/s1. The minimum Gasteiger partial charge on any atom is -0.383 e. The molecule has 0 amide bonds. The fraction of sp³-hybridized carbons (Fsp3) is 0.571. The maximum atomic E-state index is 5.52. The van der Waals surface area contributed by atoms with Crippen molar-refractivity contribution in [1.29, 1.82) is 0 Å². The Balaban J connectivity index is 2.10. The van der Waals surface area contributed by atoms with Crippen LogP contribution in [0.1, 0.15) is 25.3 Å². The summed E-state index contributed by atoms with van der Waals surface area (Å²) in [6.45, 7) is 4.26. The first-order chi connectivity index (χ1) is 8.22. The summed E-state index contributed by atoms with van der Waals surface area (Å²) in [7, 11) is 1.81. The van der Waals surface area contributed by atoms with Gasteiger partial charge in [-0.25, -0.2) is 0 Å². The molecule has 3 rings (SSSR count). The van der Waals surface area contributed by atoms with Crippen molar-refractivity contribution in [2.24, 2.45) is 0 Å². The monoisotopic (exact) mass is 249 g/mol. The summed E-state index contributed by atoms with van der Waals surface area (Å²) in [6.07, 6.45) is 2.46. The fourth-order valence-electron chi connectivity index (χ4n) is 3.28. The van der Waals surface area contributed by atoms with Gasteiger partial charge in [-0.3, -0.25) is 0 Å². The average molecular weight is 249 g/mol. The molecule has 0 radical (unpaired) electrons. The van der Waals surface area contributed by atoms with E-state index in [2.05, 4.69) is 36.5 Å². The lowest BCUT2D eigenvalue weighted by atomic mass is 9.74. The first-order valence-electron chi connectivity index (χ1n) is 6.24. The maximum absolute atomic E-state index is 5.52. The Labute approximate surface area is 107 Å². The number of ether oxygens (including phenoxy) is 1. The van der Waals surface area contributed by atoms with Gasteiger partial charge in [0.15, 0.2) is 0 Å². The molecular formula is C14H19NOS. The number of methoxy groups -OCH3 is 1. The minimum atomic E-state index is 0.0581. The van der Waals surface area contributed by atoms with Crippen LogP contribution < -0.4 is 5.32 Å². The molecule has 92 valence electrons. The molecule has 1 aromatic carbocycles. The summed E-state index contributed by atoms with van der Waals surface area (Å²) >= 11 is 2.00. The van der Waals surface area contributed by atoms with E-state index in [1.54, 1.807) is 0 Å². The van der Waals surface area contributed by atoms with E-state index in [0.717, 1.165) is 13.2 Å². The van der Waals surface area contributed by atoms with Crippen LogP contribution in [0.15, 0.2) is 29.2 Å². The van der Waals surface area contributed by atoms with Gasteiger partial charge in [0, 0.05) is 12.0 Å². The van der Waals surface area contributed by atoms with Gasteiger partial charge in [0.1, 0.15) is 0 Å². The van der Waals surface area contributed by atoms with Crippen molar-refractivity contribution in [2.75, 3.05) is 20.3 Å². The topological polar surface area (TPSA) is 21.3 Å². The van der Waals surface area contributed by atoms with Gasteiger partial charge in [-0.2, -0.15) is 0 Å². The molecule has 0 unspecified atom stereocenters. The van der Waals surface area contributed by atoms with Crippen LogP contribution >= 0.6 is 11.8 Å². The van der Waals surface area contributed by atoms with Crippen LogP contribution in [0.4, 0.5) is 0 Å². The lowest BCUT2D eigenvalue weighted by Gasteiger charge is -2.47. The summed E-state index contributed by atoms with van der Waals surface area (Å²) in [4.78, 5) is 1.42. The van der Waals surface area contributed by atoms with Gasteiger partial charge in [-0.1, -0.05) is 18.2 Å². The lowest BCUT2D eigenvalue weighted by Crippen LogP contribution is -2.59. The van der Waals surface area contributed by atoms with E-state index in [4.69, 9.17) is 4.74 Å². The Morgan fingerprint density at radius 2 is 2.24 bits per heavy atom. The third-order valence-electron chi connectivity index (χ3n) is 4.26. The molecule has 1 aromatic rings. The lowest BCUT2D eigenvalue weighted by molar-refractivity contribution is 0.0968. The van der Waals surface area contributed by atoms with Crippen LogP contribution in [-0.4, -0.2) is 25.0 Å². The van der Waals surface area contributed by atoms with Crippen molar-refractivity contribution in [3.05, 3.63) is 29.8 Å². The third kappa shape index (κ3) is 1.49. The molecule has 1 N–H and O–H groups in total. The Morgan fingerprint density at radius 1 is 1.41 bits per heavy atom. The number of nitrogens with one attached hydrogen (secondary N) is 1. The molecule has 2 heterocycles. The number of piperidine rings is 1. The maximum Gasteiger partial charge on any atom is 0.0661 e. The van der Waals surface area contributed by atoms with Gasteiger partial charge in [0.05, 0.1) is 16.9 Å². The van der Waals surface area contributed by atoms with E-state index in [9.17, 15) is 0 Å². The van der Waals surface area contributed by atoms with Crippen molar-refractivity contribution in [2.45, 2.75) is 34.9 Å². The Hall–Kier alpha value is -0.510. The van der Waals surface area contributed by atoms with E-state index in [-0.39, 0.29) is 10.3 Å². The van der Waals surface area contributed by atoms with E-state index < -0.39 is 0 Å². The number of hydrogen-bond donors (Lipinski definition) is 1. The summed E-state index contributed by atoms with van der Waals surface area (Å²) < 4.78 is 5.69. The predicted molar refractivity (Wildman–Crippen MR) is 71.5 cm³/mol. The summed E-state index contributed by atoms with van der Waals surface area (Å²) in [5.41, 5.74) is 1.50. The van der Waals surface area contributed by atoms with Crippen LogP contribution in [-0.2, 0) is 10.3 Å². The first kappa shape index (κ1) is 11.6. The number of thioether (sulfide) groups is 1. The molecule has 0 spiro atoms. The molecule has 2 nitrogen and oxygen atoms in total. The highest BCUT2D eigenvalue weighted by atomic mass is 32.2. The second kappa shape index (κ2) is 4.01. The highest BCUT2D eigenvalue weighted by molar-refractivity contribution is 8.01. The zero-order chi connectivity index (χ0) is 11.9. The molecule has 2 aliphatic rings. The van der Waals surface area contributed by atoms with Crippen LogP contribution in [0.5, 0.6) is 0 Å². The van der Waals surface area contributed by atoms with Crippen molar-refractivity contribution in [3.8, 4) is 0 Å². The normalized spacial score (nSPS) is 35.4. The predicted octanol–water partition coefficient (Wildman–Crippen LogP) is 2.78. The van der Waals surface area contributed by atoms with E-state index in [1.807, 2.05) is 18.9 Å². The molecule has 3 heteroatoms. The highest BCUT2D eigenvalue weighted by Gasteiger charge is 2.56. The SMILES string of the molecule is COC[C@]12CCCN[C@@]1(C)c1ccccc1S2. The number of rotatable bonds is 2. The molecule has 2 aliphatic heterocycles. The van der Waals surface area contributed by atoms with Gasteiger partial charge in [-0.15, -0.1) is 11.8 Å². The van der Waals surface area contributed by atoms with E-state index >= 15 is 0 Å². The van der Waals surface area contributed by atoms with E-state index in [1.165, 1.54) is 23.3 Å². The van der Waals surface area contributed by atoms with Gasteiger partial charge in [0.25, 0.3) is 0 Å². The number of benzene rings is 1. The number of hydrogen-bond acceptors (Lipinski definition) is 3. The second-order valence-corrected chi connectivity index (χ2v) is 6.61.